The van der Waals surface area contributed by atoms with Gasteiger partial charge >= 0.3 is 6.03 Å². The molecule has 1 fully saturated rings. The third-order valence-corrected chi connectivity index (χ3v) is 5.27. The number of carbonyl (C=O) groups excluding carboxylic acids is 1. The standard InChI is InChI=1S/C19H28N4O2/c1-14-6-4-7-15-17(14)22-16(21-15)8-11-23(2)18(24)20-12-19(13-25-3)9-5-10-19/h4,6-7H,5,8-13H2,1-3H3,(H,20,24)(H,21,22). The van der Waals surface area contributed by atoms with Crippen LogP contribution in [0.4, 0.5) is 4.79 Å². The maximum atomic E-state index is 12.3. The summed E-state index contributed by atoms with van der Waals surface area (Å²) in [5.74, 6) is 0.916. The summed E-state index contributed by atoms with van der Waals surface area (Å²) in [6.07, 6.45) is 4.19. The highest BCUT2D eigenvalue weighted by Crippen LogP contribution is 2.40. The van der Waals surface area contributed by atoms with E-state index in [0.717, 1.165) is 41.9 Å². The van der Waals surface area contributed by atoms with E-state index in [1.165, 1.54) is 6.42 Å². The van der Waals surface area contributed by atoms with E-state index in [4.69, 9.17) is 4.74 Å². The molecular weight excluding hydrogens is 316 g/mol. The number of nitrogens with one attached hydrogen (secondary N) is 2. The second-order valence-corrected chi connectivity index (χ2v) is 7.27. The first-order chi connectivity index (χ1) is 12.0. The average Bonchev–Trinajstić information content (AvgIpc) is 2.99. The van der Waals surface area contributed by atoms with Gasteiger partial charge in [0, 0.05) is 39.1 Å². The number of methoxy groups -OCH3 is 1. The maximum absolute atomic E-state index is 12.3. The van der Waals surface area contributed by atoms with Gasteiger partial charge in [-0.25, -0.2) is 9.78 Å². The molecule has 1 aromatic carbocycles. The summed E-state index contributed by atoms with van der Waals surface area (Å²) in [7, 11) is 3.55. The van der Waals surface area contributed by atoms with Gasteiger partial charge < -0.3 is 19.9 Å². The number of hydrogen-bond acceptors (Lipinski definition) is 3. The quantitative estimate of drug-likeness (QED) is 0.811. The molecule has 1 saturated carbocycles. The Morgan fingerprint density at radius 2 is 2.24 bits per heavy atom. The molecule has 3 rings (SSSR count). The van der Waals surface area contributed by atoms with Crippen LogP contribution in [0.25, 0.3) is 11.0 Å². The highest BCUT2D eigenvalue weighted by Gasteiger charge is 2.37. The second kappa shape index (κ2) is 7.44. The van der Waals surface area contributed by atoms with Crippen molar-refractivity contribution in [1.29, 1.82) is 0 Å². The summed E-state index contributed by atoms with van der Waals surface area (Å²) in [4.78, 5) is 22.0. The minimum absolute atomic E-state index is 0.0327. The van der Waals surface area contributed by atoms with Gasteiger partial charge in [-0.2, -0.15) is 0 Å². The molecule has 1 heterocycles. The molecule has 2 N–H and O–H groups in total. The summed E-state index contributed by atoms with van der Waals surface area (Å²) in [5, 5.41) is 3.06. The smallest absolute Gasteiger partial charge is 0.317 e. The molecule has 1 aromatic heterocycles. The molecule has 2 amide bonds. The molecule has 6 heteroatoms. The summed E-state index contributed by atoms with van der Waals surface area (Å²) < 4.78 is 5.31. The Bertz CT molecular complexity index is 736. The fraction of sp³-hybridized carbons (Fsp3) is 0.579. The number of nitrogens with zero attached hydrogens (tertiary/aromatic N) is 2. The van der Waals surface area contributed by atoms with Crippen molar-refractivity contribution in [3.8, 4) is 0 Å². The van der Waals surface area contributed by atoms with Crippen LogP contribution in [-0.2, 0) is 11.2 Å². The van der Waals surface area contributed by atoms with E-state index in [2.05, 4.69) is 28.3 Å². The van der Waals surface area contributed by atoms with Gasteiger partial charge in [0.05, 0.1) is 17.6 Å². The van der Waals surface area contributed by atoms with Crippen LogP contribution in [0.15, 0.2) is 18.2 Å². The van der Waals surface area contributed by atoms with Gasteiger partial charge in [0.2, 0.25) is 0 Å². The number of amides is 2. The number of aromatic amines is 1. The van der Waals surface area contributed by atoms with Crippen LogP contribution in [0.1, 0.15) is 30.7 Å². The summed E-state index contributed by atoms with van der Waals surface area (Å²) in [6.45, 7) is 4.09. The first-order valence-corrected chi connectivity index (χ1v) is 8.95. The van der Waals surface area contributed by atoms with Crippen molar-refractivity contribution >= 4 is 17.1 Å². The van der Waals surface area contributed by atoms with E-state index in [1.807, 2.05) is 19.2 Å². The molecule has 136 valence electrons. The Labute approximate surface area is 149 Å². The Morgan fingerprint density at radius 1 is 1.44 bits per heavy atom. The number of carbonyl (C=O) groups is 1. The predicted octanol–water partition coefficient (Wildman–Crippen LogP) is 2.87. The molecule has 1 aliphatic rings. The van der Waals surface area contributed by atoms with E-state index >= 15 is 0 Å². The Morgan fingerprint density at radius 3 is 2.88 bits per heavy atom. The number of rotatable bonds is 7. The fourth-order valence-corrected chi connectivity index (χ4v) is 3.47. The van der Waals surface area contributed by atoms with Crippen molar-refractivity contribution in [2.24, 2.45) is 5.41 Å². The van der Waals surface area contributed by atoms with Gasteiger partial charge in [-0.15, -0.1) is 0 Å². The lowest BCUT2D eigenvalue weighted by atomic mass is 9.69. The zero-order valence-electron chi connectivity index (χ0n) is 15.4. The van der Waals surface area contributed by atoms with E-state index in [0.29, 0.717) is 19.5 Å². The number of fused-ring (bicyclic) bond motifs is 1. The normalized spacial score (nSPS) is 15.8. The molecule has 1 aliphatic carbocycles. The summed E-state index contributed by atoms with van der Waals surface area (Å²) in [5.41, 5.74) is 3.36. The minimum atomic E-state index is -0.0327. The van der Waals surface area contributed by atoms with E-state index in [1.54, 1.807) is 12.0 Å². The van der Waals surface area contributed by atoms with Gasteiger partial charge in [-0.1, -0.05) is 18.6 Å². The lowest BCUT2D eigenvalue weighted by Crippen LogP contribution is -2.48. The highest BCUT2D eigenvalue weighted by atomic mass is 16.5. The molecule has 0 radical (unpaired) electrons. The number of aromatic nitrogens is 2. The zero-order valence-corrected chi connectivity index (χ0v) is 15.4. The van der Waals surface area contributed by atoms with E-state index in [9.17, 15) is 4.79 Å². The molecule has 0 saturated heterocycles. The molecular formula is C19H28N4O2. The van der Waals surface area contributed by atoms with Crippen LogP contribution in [0, 0.1) is 12.3 Å². The molecule has 0 atom stereocenters. The number of H-pyrrole nitrogens is 1. The summed E-state index contributed by atoms with van der Waals surface area (Å²) >= 11 is 0. The number of likely N-dealkylation sites (N-methyl/N-ethyl adjacent to an activating group) is 1. The van der Waals surface area contributed by atoms with Gasteiger partial charge in [0.25, 0.3) is 0 Å². The maximum Gasteiger partial charge on any atom is 0.317 e. The van der Waals surface area contributed by atoms with Crippen LogP contribution in [0.2, 0.25) is 0 Å². The van der Waals surface area contributed by atoms with Gasteiger partial charge in [0.1, 0.15) is 5.82 Å². The van der Waals surface area contributed by atoms with Gasteiger partial charge in [0.15, 0.2) is 0 Å². The van der Waals surface area contributed by atoms with Crippen molar-refractivity contribution in [2.75, 3.05) is 33.9 Å². The Kier molecular flexibility index (Phi) is 5.27. The van der Waals surface area contributed by atoms with Crippen molar-refractivity contribution < 1.29 is 9.53 Å². The monoisotopic (exact) mass is 344 g/mol. The van der Waals surface area contributed by atoms with Crippen molar-refractivity contribution in [1.82, 2.24) is 20.2 Å². The van der Waals surface area contributed by atoms with Crippen LogP contribution in [-0.4, -0.2) is 54.8 Å². The zero-order chi connectivity index (χ0) is 17.9. The minimum Gasteiger partial charge on any atom is -0.384 e. The SMILES string of the molecule is COCC1(CNC(=O)N(C)CCc2nc3c(C)cccc3[nH]2)CCC1. The highest BCUT2D eigenvalue weighted by molar-refractivity contribution is 5.78. The molecule has 0 bridgehead atoms. The van der Waals surface area contributed by atoms with E-state index < -0.39 is 0 Å². The first kappa shape index (κ1) is 17.7. The fourth-order valence-electron chi connectivity index (χ4n) is 3.47. The van der Waals surface area contributed by atoms with Crippen molar-refractivity contribution in [3.05, 3.63) is 29.6 Å². The number of urea groups is 1. The molecule has 0 aliphatic heterocycles. The number of ether oxygens (including phenoxy) is 1. The predicted molar refractivity (Wildman–Crippen MR) is 98.7 cm³/mol. The first-order valence-electron chi connectivity index (χ1n) is 8.95. The molecule has 25 heavy (non-hydrogen) atoms. The number of aryl methyl sites for hydroxylation is 1. The van der Waals surface area contributed by atoms with Gasteiger partial charge in [-0.05, 0) is 31.4 Å². The topological polar surface area (TPSA) is 70.2 Å². The second-order valence-electron chi connectivity index (χ2n) is 7.27. The summed E-state index contributed by atoms with van der Waals surface area (Å²) in [6, 6.07) is 6.08. The molecule has 0 spiro atoms. The van der Waals surface area contributed by atoms with E-state index in [-0.39, 0.29) is 11.4 Å². The average molecular weight is 344 g/mol. The third kappa shape index (κ3) is 3.95. The van der Waals surface area contributed by atoms with Crippen LogP contribution in [0.5, 0.6) is 0 Å². The Balaban J connectivity index is 1.50. The van der Waals surface area contributed by atoms with Crippen molar-refractivity contribution in [3.63, 3.8) is 0 Å². The molecule has 6 nitrogen and oxygen atoms in total. The van der Waals surface area contributed by atoms with Gasteiger partial charge in [-0.3, -0.25) is 0 Å². The lowest BCUT2D eigenvalue weighted by molar-refractivity contribution is 0.0192. The number of benzene rings is 1. The lowest BCUT2D eigenvalue weighted by Gasteiger charge is -2.41. The number of imidazole rings is 1. The third-order valence-electron chi connectivity index (χ3n) is 5.27. The Hall–Kier alpha value is -2.08. The largest absolute Gasteiger partial charge is 0.384 e. The van der Waals surface area contributed by atoms with Crippen LogP contribution < -0.4 is 5.32 Å². The molecule has 2 aromatic rings. The molecule has 0 unspecified atom stereocenters. The van der Waals surface area contributed by atoms with Crippen molar-refractivity contribution in [2.45, 2.75) is 32.6 Å². The number of para-hydroxylation sites is 1. The van der Waals surface area contributed by atoms with Crippen LogP contribution >= 0.6 is 0 Å². The number of hydrogen-bond donors (Lipinski definition) is 2. The van der Waals surface area contributed by atoms with Crippen LogP contribution in [0.3, 0.4) is 0 Å².